The second-order valence-corrected chi connectivity index (χ2v) is 8.95. The van der Waals surface area contributed by atoms with E-state index in [9.17, 15) is 0 Å². The minimum Gasteiger partial charge on any atom is -0.301 e. The normalized spacial score (nSPS) is 21.5. The molecule has 0 aromatic carbocycles. The van der Waals surface area contributed by atoms with E-state index in [1.807, 2.05) is 0 Å². The van der Waals surface area contributed by atoms with Gasteiger partial charge in [0.2, 0.25) is 0 Å². The fourth-order valence-corrected chi connectivity index (χ4v) is 2.84. The van der Waals surface area contributed by atoms with Gasteiger partial charge in [0.25, 0.3) is 0 Å². The maximum absolute atomic E-state index is 4.62. The van der Waals surface area contributed by atoms with Gasteiger partial charge in [0, 0.05) is 35.7 Å². The van der Waals surface area contributed by atoms with E-state index < -0.39 is 0 Å². The first-order valence-electron chi connectivity index (χ1n) is 6.55. The van der Waals surface area contributed by atoms with Crippen molar-refractivity contribution in [2.24, 2.45) is 0 Å². The third-order valence-corrected chi connectivity index (χ3v) is 3.19. The van der Waals surface area contributed by atoms with Crippen molar-refractivity contribution in [1.82, 2.24) is 9.80 Å². The number of rotatable bonds is 4. The first-order chi connectivity index (χ1) is 7.66. The summed E-state index contributed by atoms with van der Waals surface area (Å²) < 4.78 is 0.218. The highest BCUT2D eigenvalue weighted by atomic mass is 32.1. The number of hydrogen-bond donors (Lipinski definition) is 2. The second-order valence-electron chi connectivity index (χ2n) is 6.53. The van der Waals surface area contributed by atoms with Crippen molar-refractivity contribution in [2.75, 3.05) is 39.3 Å². The Morgan fingerprint density at radius 3 is 1.41 bits per heavy atom. The summed E-state index contributed by atoms with van der Waals surface area (Å²) in [5.41, 5.74) is 0. The third-order valence-electron chi connectivity index (χ3n) is 2.90. The summed E-state index contributed by atoms with van der Waals surface area (Å²) in [4.78, 5) is 5.08. The zero-order valence-electron chi connectivity index (χ0n) is 11.7. The van der Waals surface area contributed by atoms with Crippen molar-refractivity contribution in [3.8, 4) is 0 Å². The molecule has 1 heterocycles. The van der Waals surface area contributed by atoms with Crippen LogP contribution in [0.5, 0.6) is 0 Å². The highest BCUT2D eigenvalue weighted by molar-refractivity contribution is 7.82. The Morgan fingerprint density at radius 2 is 1.12 bits per heavy atom. The molecule has 4 heteroatoms. The highest BCUT2D eigenvalue weighted by Crippen LogP contribution is 2.18. The number of hydrogen-bond acceptors (Lipinski definition) is 4. The van der Waals surface area contributed by atoms with Gasteiger partial charge in [-0.3, -0.25) is 0 Å². The first-order valence-corrected chi connectivity index (χ1v) is 7.45. The molecule has 0 amide bonds. The van der Waals surface area contributed by atoms with Gasteiger partial charge in [-0.15, -0.1) is 0 Å². The summed E-state index contributed by atoms with van der Waals surface area (Å²) >= 11 is 9.25. The molecule has 17 heavy (non-hydrogen) atoms. The zero-order valence-corrected chi connectivity index (χ0v) is 13.5. The monoisotopic (exact) mass is 276 g/mol. The summed E-state index contributed by atoms with van der Waals surface area (Å²) in [6.07, 6.45) is 1.26. The highest BCUT2D eigenvalue weighted by Gasteiger charge is 2.23. The lowest BCUT2D eigenvalue weighted by molar-refractivity contribution is 0.239. The Bertz CT molecular complexity index is 207. The van der Waals surface area contributed by atoms with Crippen LogP contribution < -0.4 is 0 Å². The van der Waals surface area contributed by atoms with Crippen molar-refractivity contribution < 1.29 is 0 Å². The van der Waals surface area contributed by atoms with Crippen LogP contribution in [-0.4, -0.2) is 58.6 Å². The van der Waals surface area contributed by atoms with Gasteiger partial charge < -0.3 is 9.80 Å². The SMILES string of the molecule is CC(C)(S)CN1CCCN(CC(C)(C)S)CC1. The van der Waals surface area contributed by atoms with Gasteiger partial charge in [-0.2, -0.15) is 25.3 Å². The van der Waals surface area contributed by atoms with Gasteiger partial charge in [-0.25, -0.2) is 0 Å². The van der Waals surface area contributed by atoms with Crippen molar-refractivity contribution in [3.63, 3.8) is 0 Å². The van der Waals surface area contributed by atoms with Gasteiger partial charge in [0.05, 0.1) is 0 Å². The molecule has 0 spiro atoms. The molecule has 0 bridgehead atoms. The third kappa shape index (κ3) is 7.60. The Hall–Kier alpha value is 0.620. The lowest BCUT2D eigenvalue weighted by atomic mass is 10.2. The van der Waals surface area contributed by atoms with Crippen LogP contribution in [0, 0.1) is 0 Å². The topological polar surface area (TPSA) is 6.48 Å². The van der Waals surface area contributed by atoms with Crippen molar-refractivity contribution in [2.45, 2.75) is 43.6 Å². The summed E-state index contributed by atoms with van der Waals surface area (Å²) in [5, 5.41) is 0. The average Bonchev–Trinajstić information content (AvgIpc) is 2.25. The fraction of sp³-hybridized carbons (Fsp3) is 1.00. The van der Waals surface area contributed by atoms with Crippen LogP contribution in [0.2, 0.25) is 0 Å². The smallest absolute Gasteiger partial charge is 0.0200 e. The molecular formula is C13H28N2S2. The van der Waals surface area contributed by atoms with Gasteiger partial charge in [-0.05, 0) is 47.2 Å². The Balaban J connectivity index is 2.40. The number of thiol groups is 2. The standard InChI is InChI=1S/C13H28N2S2/c1-12(2,16)10-14-6-5-7-15(9-8-14)11-13(3,4)17/h16-17H,5-11H2,1-4H3. The summed E-state index contributed by atoms with van der Waals surface area (Å²) in [7, 11) is 0. The maximum atomic E-state index is 4.62. The number of nitrogens with zero attached hydrogens (tertiary/aromatic N) is 2. The minimum atomic E-state index is 0.109. The largest absolute Gasteiger partial charge is 0.301 e. The van der Waals surface area contributed by atoms with Crippen molar-refractivity contribution in [3.05, 3.63) is 0 Å². The molecule has 0 radical (unpaired) electrons. The van der Waals surface area contributed by atoms with Crippen LogP contribution in [0.25, 0.3) is 0 Å². The molecule has 0 aromatic rings. The molecule has 0 saturated carbocycles. The van der Waals surface area contributed by atoms with E-state index in [1.54, 1.807) is 0 Å². The molecule has 0 aliphatic carbocycles. The molecule has 0 atom stereocenters. The van der Waals surface area contributed by atoms with E-state index in [0.717, 1.165) is 26.2 Å². The molecule has 1 aliphatic rings. The molecule has 2 nitrogen and oxygen atoms in total. The van der Waals surface area contributed by atoms with Gasteiger partial charge >= 0.3 is 0 Å². The Labute approximate surface area is 118 Å². The fourth-order valence-electron chi connectivity index (χ4n) is 2.44. The van der Waals surface area contributed by atoms with Crippen LogP contribution in [0.4, 0.5) is 0 Å². The van der Waals surface area contributed by atoms with Crippen LogP contribution in [0.1, 0.15) is 34.1 Å². The van der Waals surface area contributed by atoms with Crippen LogP contribution >= 0.6 is 25.3 Å². The van der Waals surface area contributed by atoms with Crippen molar-refractivity contribution >= 4 is 25.3 Å². The van der Waals surface area contributed by atoms with Gasteiger partial charge in [0.15, 0.2) is 0 Å². The van der Waals surface area contributed by atoms with E-state index in [4.69, 9.17) is 0 Å². The summed E-state index contributed by atoms with van der Waals surface area (Å²) in [6.45, 7) is 15.6. The van der Waals surface area contributed by atoms with E-state index in [-0.39, 0.29) is 9.49 Å². The van der Waals surface area contributed by atoms with Crippen molar-refractivity contribution in [1.29, 1.82) is 0 Å². The molecule has 0 N–H and O–H groups in total. The van der Waals surface area contributed by atoms with Crippen LogP contribution in [0.3, 0.4) is 0 Å². The van der Waals surface area contributed by atoms with Gasteiger partial charge in [0.1, 0.15) is 0 Å². The molecule has 102 valence electrons. The van der Waals surface area contributed by atoms with E-state index >= 15 is 0 Å². The molecule has 0 unspecified atom stereocenters. The predicted molar refractivity (Wildman–Crippen MR) is 83.6 cm³/mol. The quantitative estimate of drug-likeness (QED) is 0.762. The molecule has 0 aromatic heterocycles. The van der Waals surface area contributed by atoms with Crippen LogP contribution in [0.15, 0.2) is 0 Å². The average molecular weight is 277 g/mol. The molecule has 1 aliphatic heterocycles. The summed E-state index contributed by atoms with van der Waals surface area (Å²) in [5.74, 6) is 0. The van der Waals surface area contributed by atoms with Gasteiger partial charge in [-0.1, -0.05) is 0 Å². The second kappa shape index (κ2) is 6.18. The van der Waals surface area contributed by atoms with E-state index in [0.29, 0.717) is 0 Å². The minimum absolute atomic E-state index is 0.109. The Morgan fingerprint density at radius 1 is 0.765 bits per heavy atom. The molecular weight excluding hydrogens is 248 g/mol. The zero-order chi connectivity index (χ0) is 13.1. The summed E-state index contributed by atoms with van der Waals surface area (Å²) in [6, 6.07) is 0. The molecule has 1 fully saturated rings. The predicted octanol–water partition coefficient (Wildman–Crippen LogP) is 2.41. The molecule has 1 rings (SSSR count). The Kier molecular flexibility index (Phi) is 5.70. The lowest BCUT2D eigenvalue weighted by Gasteiger charge is -2.29. The van der Waals surface area contributed by atoms with E-state index in [1.165, 1.54) is 19.5 Å². The first kappa shape index (κ1) is 15.7. The van der Waals surface area contributed by atoms with E-state index in [2.05, 4.69) is 62.8 Å². The molecule has 1 saturated heterocycles. The maximum Gasteiger partial charge on any atom is 0.0200 e. The van der Waals surface area contributed by atoms with Crippen LogP contribution in [-0.2, 0) is 0 Å². The lowest BCUT2D eigenvalue weighted by Crippen LogP contribution is -2.40.